The molecule has 2 fully saturated rings. The van der Waals surface area contributed by atoms with E-state index in [9.17, 15) is 4.79 Å². The van der Waals surface area contributed by atoms with Crippen LogP contribution in [-0.2, 0) is 9.53 Å². The van der Waals surface area contributed by atoms with Crippen LogP contribution in [0.5, 0.6) is 0 Å². The molecule has 0 aromatic rings. The summed E-state index contributed by atoms with van der Waals surface area (Å²) in [6.45, 7) is 3.64. The molecule has 0 aliphatic carbocycles. The molecule has 13 heavy (non-hydrogen) atoms. The Kier molecular flexibility index (Phi) is 2.80. The van der Waals surface area contributed by atoms with Gasteiger partial charge in [-0.1, -0.05) is 0 Å². The normalized spacial score (nSPS) is 29.2. The summed E-state index contributed by atoms with van der Waals surface area (Å²) in [5.74, 6) is 0.164. The first kappa shape index (κ1) is 8.97. The smallest absolute Gasteiger partial charge is 0.243 e. The van der Waals surface area contributed by atoms with Gasteiger partial charge in [0.1, 0.15) is 6.04 Å². The van der Waals surface area contributed by atoms with E-state index < -0.39 is 0 Å². The van der Waals surface area contributed by atoms with Gasteiger partial charge in [0.25, 0.3) is 0 Å². The first-order chi connectivity index (χ1) is 6.38. The Hall–Kier alpha value is -0.610. The highest BCUT2D eigenvalue weighted by Gasteiger charge is 2.28. The zero-order valence-electron chi connectivity index (χ0n) is 7.74. The Balaban J connectivity index is 1.87. The highest BCUT2D eigenvalue weighted by molar-refractivity contribution is 5.82. The fourth-order valence-corrected chi connectivity index (χ4v) is 1.82. The average Bonchev–Trinajstić information content (AvgIpc) is 2.71. The molecule has 2 aliphatic heterocycles. The number of amides is 1. The van der Waals surface area contributed by atoms with Crippen molar-refractivity contribution in [1.29, 1.82) is 0 Å². The molecule has 1 atom stereocenters. The minimum atomic E-state index is -0.216. The predicted octanol–water partition coefficient (Wildman–Crippen LogP) is -0.388. The van der Waals surface area contributed by atoms with Gasteiger partial charge in [0, 0.05) is 19.6 Å². The van der Waals surface area contributed by atoms with Crippen LogP contribution < -0.4 is 5.32 Å². The summed E-state index contributed by atoms with van der Waals surface area (Å²) in [5, 5.41) is 4.26. The van der Waals surface area contributed by atoms with Crippen LogP contribution in [0.1, 0.15) is 12.8 Å². The molecule has 1 amide bonds. The van der Waals surface area contributed by atoms with Crippen LogP contribution in [0.15, 0.2) is 0 Å². The van der Waals surface area contributed by atoms with E-state index >= 15 is 0 Å². The molecule has 2 aliphatic rings. The first-order valence-corrected chi connectivity index (χ1v) is 4.91. The summed E-state index contributed by atoms with van der Waals surface area (Å²) in [4.78, 5) is 13.7. The van der Waals surface area contributed by atoms with Crippen LogP contribution in [0.4, 0.5) is 0 Å². The lowest BCUT2D eigenvalue weighted by molar-refractivity contribution is -0.135. The lowest BCUT2D eigenvalue weighted by Crippen LogP contribution is -2.48. The molecule has 2 saturated heterocycles. The zero-order valence-corrected chi connectivity index (χ0v) is 7.74. The second kappa shape index (κ2) is 4.07. The van der Waals surface area contributed by atoms with Crippen LogP contribution in [0.3, 0.4) is 0 Å². The largest absolute Gasteiger partial charge is 0.378 e. The van der Waals surface area contributed by atoms with Gasteiger partial charge in [-0.15, -0.1) is 0 Å². The van der Waals surface area contributed by atoms with Gasteiger partial charge < -0.3 is 9.64 Å². The monoisotopic (exact) mass is 183 g/mol. The van der Waals surface area contributed by atoms with Crippen LogP contribution in [-0.4, -0.2) is 49.7 Å². The van der Waals surface area contributed by atoms with E-state index in [0.29, 0.717) is 19.8 Å². The summed E-state index contributed by atoms with van der Waals surface area (Å²) < 4.78 is 5.22. The summed E-state index contributed by atoms with van der Waals surface area (Å²) in [7, 11) is 0. The maximum absolute atomic E-state index is 11.8. The first-order valence-electron chi connectivity index (χ1n) is 4.91. The lowest BCUT2D eigenvalue weighted by atomic mass is 10.2. The molecule has 2 heterocycles. The molecule has 0 bridgehead atoms. The maximum Gasteiger partial charge on any atom is 0.243 e. The van der Waals surface area contributed by atoms with Crippen molar-refractivity contribution in [3.63, 3.8) is 0 Å². The molecule has 0 spiro atoms. The van der Waals surface area contributed by atoms with E-state index in [1.54, 1.807) is 0 Å². The molecule has 73 valence electrons. The fourth-order valence-electron chi connectivity index (χ4n) is 1.82. The Morgan fingerprint density at radius 3 is 2.77 bits per heavy atom. The van der Waals surface area contributed by atoms with Gasteiger partial charge in [-0.25, -0.2) is 5.32 Å². The third-order valence-electron chi connectivity index (χ3n) is 2.56. The van der Waals surface area contributed by atoms with Gasteiger partial charge in [0.15, 0.2) is 0 Å². The van der Waals surface area contributed by atoms with Gasteiger partial charge in [0.2, 0.25) is 5.91 Å². The SMILES string of the molecule is O=C(C1COCC[N]1)N1CCCC1. The van der Waals surface area contributed by atoms with Crippen molar-refractivity contribution in [2.24, 2.45) is 0 Å². The average molecular weight is 183 g/mol. The van der Waals surface area contributed by atoms with E-state index in [-0.39, 0.29) is 11.9 Å². The molecular formula is C9H15N2O2. The van der Waals surface area contributed by atoms with Crippen molar-refractivity contribution in [1.82, 2.24) is 10.2 Å². The number of carbonyl (C=O) groups is 1. The molecule has 0 N–H and O–H groups in total. The Labute approximate surface area is 78.2 Å². The second-order valence-corrected chi connectivity index (χ2v) is 3.53. The van der Waals surface area contributed by atoms with Crippen LogP contribution in [0.2, 0.25) is 0 Å². The molecular weight excluding hydrogens is 168 g/mol. The van der Waals surface area contributed by atoms with Gasteiger partial charge in [-0.2, -0.15) is 0 Å². The Morgan fingerprint density at radius 2 is 2.15 bits per heavy atom. The van der Waals surface area contributed by atoms with E-state index in [1.807, 2.05) is 4.90 Å². The number of nitrogens with zero attached hydrogens (tertiary/aromatic N) is 2. The number of hydrogen-bond donors (Lipinski definition) is 0. The highest BCUT2D eigenvalue weighted by atomic mass is 16.5. The molecule has 4 heteroatoms. The molecule has 1 unspecified atom stereocenters. The standard InChI is InChI=1S/C9H15N2O2/c12-9(11-4-1-2-5-11)8-7-13-6-3-10-8/h8H,1-7H2. The maximum atomic E-state index is 11.8. The van der Waals surface area contributed by atoms with Crippen LogP contribution in [0, 0.1) is 0 Å². The van der Waals surface area contributed by atoms with E-state index in [0.717, 1.165) is 25.9 Å². The molecule has 0 aromatic carbocycles. The number of morpholine rings is 1. The summed E-state index contributed by atoms with van der Waals surface area (Å²) in [6, 6.07) is -0.216. The van der Waals surface area contributed by atoms with Crippen LogP contribution in [0.25, 0.3) is 0 Å². The molecule has 1 radical (unpaired) electrons. The second-order valence-electron chi connectivity index (χ2n) is 3.53. The van der Waals surface area contributed by atoms with Crippen LogP contribution >= 0.6 is 0 Å². The van der Waals surface area contributed by atoms with Gasteiger partial charge >= 0.3 is 0 Å². The summed E-state index contributed by atoms with van der Waals surface area (Å²) in [6.07, 6.45) is 2.28. The number of ether oxygens (including phenoxy) is 1. The van der Waals surface area contributed by atoms with Gasteiger partial charge in [-0.05, 0) is 12.8 Å². The number of hydrogen-bond acceptors (Lipinski definition) is 2. The van der Waals surface area contributed by atoms with E-state index in [2.05, 4.69) is 5.32 Å². The van der Waals surface area contributed by atoms with Crippen molar-refractivity contribution in [2.75, 3.05) is 32.8 Å². The molecule has 0 saturated carbocycles. The fraction of sp³-hybridized carbons (Fsp3) is 0.889. The molecule has 2 rings (SSSR count). The van der Waals surface area contributed by atoms with Crippen molar-refractivity contribution < 1.29 is 9.53 Å². The topological polar surface area (TPSA) is 43.6 Å². The number of likely N-dealkylation sites (tertiary alicyclic amines) is 1. The third kappa shape index (κ3) is 2.00. The Bertz CT molecular complexity index is 184. The molecule has 4 nitrogen and oxygen atoms in total. The van der Waals surface area contributed by atoms with Crippen molar-refractivity contribution >= 4 is 5.91 Å². The minimum Gasteiger partial charge on any atom is -0.378 e. The lowest BCUT2D eigenvalue weighted by Gasteiger charge is -2.25. The van der Waals surface area contributed by atoms with Crippen molar-refractivity contribution in [3.05, 3.63) is 0 Å². The quantitative estimate of drug-likeness (QED) is 0.556. The highest BCUT2D eigenvalue weighted by Crippen LogP contribution is 2.10. The van der Waals surface area contributed by atoms with Crippen molar-refractivity contribution in [3.8, 4) is 0 Å². The number of rotatable bonds is 1. The zero-order chi connectivity index (χ0) is 9.10. The third-order valence-corrected chi connectivity index (χ3v) is 2.56. The molecule has 0 aromatic heterocycles. The van der Waals surface area contributed by atoms with Crippen molar-refractivity contribution in [2.45, 2.75) is 18.9 Å². The van der Waals surface area contributed by atoms with Gasteiger partial charge in [0.05, 0.1) is 13.2 Å². The minimum absolute atomic E-state index is 0.164. The van der Waals surface area contributed by atoms with E-state index in [4.69, 9.17) is 4.74 Å². The van der Waals surface area contributed by atoms with Gasteiger partial charge in [-0.3, -0.25) is 4.79 Å². The Morgan fingerprint density at radius 1 is 1.38 bits per heavy atom. The summed E-state index contributed by atoms with van der Waals surface area (Å²) in [5.41, 5.74) is 0. The number of carbonyl (C=O) groups excluding carboxylic acids is 1. The predicted molar refractivity (Wildman–Crippen MR) is 47.4 cm³/mol. The van der Waals surface area contributed by atoms with E-state index in [1.165, 1.54) is 0 Å². The summed E-state index contributed by atoms with van der Waals surface area (Å²) >= 11 is 0.